The number of carbonyl (C=O) groups is 1. The van der Waals surface area contributed by atoms with Gasteiger partial charge in [-0.25, -0.2) is 0 Å². The topological polar surface area (TPSA) is 60.3 Å². The molecule has 1 aromatic heterocycles. The van der Waals surface area contributed by atoms with Gasteiger partial charge in [-0.1, -0.05) is 11.6 Å². The van der Waals surface area contributed by atoms with E-state index < -0.39 is 0 Å². The summed E-state index contributed by atoms with van der Waals surface area (Å²) in [4.78, 5) is 14.6. The number of ether oxygens (including phenoxy) is 1. The highest BCUT2D eigenvalue weighted by Gasteiger charge is 2.31. The van der Waals surface area contributed by atoms with Crippen LogP contribution in [0, 0.1) is 0 Å². The van der Waals surface area contributed by atoms with Gasteiger partial charge in [0.1, 0.15) is 6.61 Å². The Morgan fingerprint density at radius 1 is 1.36 bits per heavy atom. The van der Waals surface area contributed by atoms with Crippen LogP contribution in [-0.4, -0.2) is 39.2 Å². The Bertz CT molecular complexity index is 579. The summed E-state index contributed by atoms with van der Waals surface area (Å²) in [6, 6.07) is -0.0245. The van der Waals surface area contributed by atoms with Gasteiger partial charge >= 0.3 is 0 Å². The van der Waals surface area contributed by atoms with E-state index in [0.29, 0.717) is 13.0 Å². The lowest BCUT2D eigenvalue weighted by molar-refractivity contribution is -0.133. The Balaban J connectivity index is 1.70. The van der Waals surface area contributed by atoms with E-state index >= 15 is 0 Å². The zero-order valence-corrected chi connectivity index (χ0v) is 13.4. The lowest BCUT2D eigenvalue weighted by Crippen LogP contribution is -2.41. The average Bonchev–Trinajstić information content (AvgIpc) is 2.93. The van der Waals surface area contributed by atoms with E-state index in [4.69, 9.17) is 4.74 Å². The fourth-order valence-electron chi connectivity index (χ4n) is 3.38. The van der Waals surface area contributed by atoms with Gasteiger partial charge in [0.2, 0.25) is 5.91 Å². The number of methoxy groups -OCH3 is 1. The normalized spacial score (nSPS) is 21.5. The number of rotatable bonds is 4. The lowest BCUT2D eigenvalue weighted by Gasteiger charge is -2.34. The van der Waals surface area contributed by atoms with Gasteiger partial charge in [-0.2, -0.15) is 0 Å². The summed E-state index contributed by atoms with van der Waals surface area (Å²) in [6.45, 7) is 3.95. The van der Waals surface area contributed by atoms with Gasteiger partial charge in [0.25, 0.3) is 0 Å². The van der Waals surface area contributed by atoms with Crippen LogP contribution in [0.2, 0.25) is 0 Å². The molecule has 0 saturated heterocycles. The number of amides is 1. The summed E-state index contributed by atoms with van der Waals surface area (Å²) in [5.41, 5.74) is 1.30. The number of carbonyl (C=O) groups excluding carboxylic acids is 1. The third-order valence-electron chi connectivity index (χ3n) is 4.62. The Morgan fingerprint density at radius 2 is 2.23 bits per heavy atom. The van der Waals surface area contributed by atoms with Crippen LogP contribution >= 0.6 is 0 Å². The smallest absolute Gasteiger partial charge is 0.227 e. The zero-order valence-electron chi connectivity index (χ0n) is 13.4. The van der Waals surface area contributed by atoms with E-state index in [2.05, 4.69) is 20.8 Å². The molecule has 0 radical (unpaired) electrons. The summed E-state index contributed by atoms with van der Waals surface area (Å²) in [5, 5.41) is 8.45. The van der Waals surface area contributed by atoms with Crippen molar-refractivity contribution in [1.82, 2.24) is 19.7 Å². The molecule has 1 aliphatic heterocycles. The number of aromatic nitrogens is 3. The molecule has 1 atom stereocenters. The van der Waals surface area contributed by atoms with E-state index in [1.165, 1.54) is 18.4 Å². The van der Waals surface area contributed by atoms with Crippen molar-refractivity contribution < 1.29 is 9.53 Å². The van der Waals surface area contributed by atoms with E-state index in [1.54, 1.807) is 7.11 Å². The van der Waals surface area contributed by atoms with E-state index in [1.807, 2.05) is 11.8 Å². The number of allylic oxidation sites excluding steroid dienone is 1. The quantitative estimate of drug-likeness (QED) is 0.800. The molecule has 0 saturated carbocycles. The summed E-state index contributed by atoms with van der Waals surface area (Å²) in [7, 11) is 1.65. The minimum absolute atomic E-state index is 0.0245. The van der Waals surface area contributed by atoms with E-state index in [0.717, 1.165) is 37.6 Å². The fraction of sp³-hybridized carbons (Fsp3) is 0.688. The zero-order chi connectivity index (χ0) is 15.5. The molecule has 6 nitrogen and oxygen atoms in total. The van der Waals surface area contributed by atoms with Crippen LogP contribution in [-0.2, 0) is 22.7 Å². The Labute approximate surface area is 131 Å². The van der Waals surface area contributed by atoms with Crippen LogP contribution in [0.1, 0.15) is 56.7 Å². The highest BCUT2D eigenvalue weighted by Crippen LogP contribution is 2.27. The summed E-state index contributed by atoms with van der Waals surface area (Å²) in [6.07, 6.45) is 7.46. The van der Waals surface area contributed by atoms with Crippen LogP contribution in [0.15, 0.2) is 11.6 Å². The van der Waals surface area contributed by atoms with Crippen molar-refractivity contribution in [2.75, 3.05) is 13.7 Å². The summed E-state index contributed by atoms with van der Waals surface area (Å²) >= 11 is 0. The molecule has 22 heavy (non-hydrogen) atoms. The van der Waals surface area contributed by atoms with Crippen molar-refractivity contribution in [1.29, 1.82) is 0 Å². The first-order chi connectivity index (χ1) is 10.7. The minimum Gasteiger partial charge on any atom is -0.377 e. The molecule has 0 N–H and O–H groups in total. The number of fused-ring (bicyclic) bond motifs is 1. The molecule has 2 aliphatic rings. The van der Waals surface area contributed by atoms with Gasteiger partial charge in [-0.05, 0) is 32.6 Å². The largest absolute Gasteiger partial charge is 0.377 e. The van der Waals surface area contributed by atoms with Crippen LogP contribution in [0.3, 0.4) is 0 Å². The van der Waals surface area contributed by atoms with Gasteiger partial charge in [0.15, 0.2) is 11.6 Å². The van der Waals surface area contributed by atoms with Crippen LogP contribution in [0.25, 0.3) is 0 Å². The van der Waals surface area contributed by atoms with Gasteiger partial charge in [-0.15, -0.1) is 10.2 Å². The van der Waals surface area contributed by atoms with Crippen molar-refractivity contribution in [2.45, 2.75) is 58.2 Å². The van der Waals surface area contributed by atoms with E-state index in [-0.39, 0.29) is 11.9 Å². The second-order valence-electron chi connectivity index (χ2n) is 6.11. The molecule has 0 spiro atoms. The number of nitrogens with zero attached hydrogens (tertiary/aromatic N) is 4. The van der Waals surface area contributed by atoms with Crippen molar-refractivity contribution in [3.63, 3.8) is 0 Å². The standard InChI is InChI=1S/C16H24N4O2/c1-12-16-18-17-14(11-22-2)20(16)9-8-19(12)15(21)10-13-6-4-3-5-7-13/h6,12H,3-5,7-11H2,1-2H3. The van der Waals surface area contributed by atoms with Crippen LogP contribution in [0.4, 0.5) is 0 Å². The second kappa shape index (κ2) is 6.60. The summed E-state index contributed by atoms with van der Waals surface area (Å²) < 4.78 is 7.23. The minimum atomic E-state index is -0.0245. The molecule has 1 amide bonds. The molecule has 6 heteroatoms. The van der Waals surface area contributed by atoms with Crippen molar-refractivity contribution in [3.8, 4) is 0 Å². The molecule has 1 aliphatic carbocycles. The van der Waals surface area contributed by atoms with E-state index in [9.17, 15) is 4.79 Å². The Hall–Kier alpha value is -1.69. The maximum Gasteiger partial charge on any atom is 0.227 e. The van der Waals surface area contributed by atoms with Crippen molar-refractivity contribution in [3.05, 3.63) is 23.3 Å². The molecular formula is C16H24N4O2. The SMILES string of the molecule is COCc1nnc2n1CCN(C(=O)CC1=CCCCC1)C2C. The monoisotopic (exact) mass is 304 g/mol. The van der Waals surface area contributed by atoms with Gasteiger partial charge < -0.3 is 14.2 Å². The Kier molecular flexibility index (Phi) is 4.57. The molecule has 2 heterocycles. The first-order valence-corrected chi connectivity index (χ1v) is 8.09. The van der Waals surface area contributed by atoms with Crippen molar-refractivity contribution in [2.24, 2.45) is 0 Å². The van der Waals surface area contributed by atoms with Gasteiger partial charge in [0, 0.05) is 26.6 Å². The second-order valence-corrected chi connectivity index (χ2v) is 6.11. The lowest BCUT2D eigenvalue weighted by atomic mass is 9.96. The first kappa shape index (κ1) is 15.2. The highest BCUT2D eigenvalue weighted by atomic mass is 16.5. The van der Waals surface area contributed by atoms with Gasteiger partial charge in [0.05, 0.1) is 6.04 Å². The Morgan fingerprint density at radius 3 is 2.95 bits per heavy atom. The molecule has 120 valence electrons. The van der Waals surface area contributed by atoms with Gasteiger partial charge in [-0.3, -0.25) is 4.79 Å². The average molecular weight is 304 g/mol. The molecule has 0 bridgehead atoms. The molecule has 0 fully saturated rings. The molecule has 1 aromatic rings. The maximum absolute atomic E-state index is 12.6. The third-order valence-corrected chi connectivity index (χ3v) is 4.62. The first-order valence-electron chi connectivity index (χ1n) is 8.09. The third kappa shape index (κ3) is 2.92. The molecule has 3 rings (SSSR count). The maximum atomic E-state index is 12.6. The molecule has 1 unspecified atom stereocenters. The summed E-state index contributed by atoms with van der Waals surface area (Å²) in [5.74, 6) is 1.92. The predicted octanol–water partition coefficient (Wildman–Crippen LogP) is 2.22. The van der Waals surface area contributed by atoms with Crippen LogP contribution in [0.5, 0.6) is 0 Å². The molecular weight excluding hydrogens is 280 g/mol. The number of hydrogen-bond acceptors (Lipinski definition) is 4. The highest BCUT2D eigenvalue weighted by molar-refractivity contribution is 5.79. The molecule has 0 aromatic carbocycles. The van der Waals surface area contributed by atoms with Crippen molar-refractivity contribution >= 4 is 5.91 Å². The number of hydrogen-bond donors (Lipinski definition) is 0. The fourth-order valence-corrected chi connectivity index (χ4v) is 3.38. The van der Waals surface area contributed by atoms with Crippen LogP contribution < -0.4 is 0 Å². The predicted molar refractivity (Wildman–Crippen MR) is 82.0 cm³/mol.